The standard InChI is InChI=1S/C15H24N2O/c1-17(11-10-12-6-5-7-13(12)16)14-8-3-4-9-15(14)18-2/h3-4,8-9,12-13H,5-7,10-11,16H2,1-2H3. The summed E-state index contributed by atoms with van der Waals surface area (Å²) < 4.78 is 5.39. The molecule has 1 saturated carbocycles. The van der Waals surface area contributed by atoms with E-state index in [0.717, 1.165) is 18.0 Å². The summed E-state index contributed by atoms with van der Waals surface area (Å²) in [6.07, 6.45) is 4.96. The summed E-state index contributed by atoms with van der Waals surface area (Å²) in [5.74, 6) is 1.64. The predicted octanol–water partition coefficient (Wildman–Crippen LogP) is 2.65. The van der Waals surface area contributed by atoms with Crippen LogP contribution in [-0.4, -0.2) is 26.7 Å². The Kier molecular flexibility index (Phi) is 4.48. The molecule has 18 heavy (non-hydrogen) atoms. The number of methoxy groups -OCH3 is 1. The van der Waals surface area contributed by atoms with Gasteiger partial charge in [-0.2, -0.15) is 0 Å². The minimum Gasteiger partial charge on any atom is -0.495 e. The molecule has 2 rings (SSSR count). The third kappa shape index (κ3) is 2.96. The van der Waals surface area contributed by atoms with Crippen LogP contribution >= 0.6 is 0 Å². The number of para-hydroxylation sites is 2. The average Bonchev–Trinajstić information content (AvgIpc) is 2.81. The fourth-order valence-corrected chi connectivity index (χ4v) is 2.85. The van der Waals surface area contributed by atoms with Crippen molar-refractivity contribution in [2.75, 3.05) is 25.6 Å². The molecular weight excluding hydrogens is 224 g/mol. The third-order valence-electron chi connectivity index (χ3n) is 4.05. The quantitative estimate of drug-likeness (QED) is 0.870. The van der Waals surface area contributed by atoms with Crippen molar-refractivity contribution < 1.29 is 4.74 Å². The lowest BCUT2D eigenvalue weighted by atomic mass is 10.00. The molecular formula is C15H24N2O. The van der Waals surface area contributed by atoms with E-state index in [1.807, 2.05) is 12.1 Å². The summed E-state index contributed by atoms with van der Waals surface area (Å²) in [5.41, 5.74) is 7.28. The van der Waals surface area contributed by atoms with Gasteiger partial charge in [0.1, 0.15) is 5.75 Å². The molecule has 0 aromatic heterocycles. The number of nitrogens with two attached hydrogens (primary N) is 1. The number of hydrogen-bond donors (Lipinski definition) is 1. The second-order valence-electron chi connectivity index (χ2n) is 5.24. The highest BCUT2D eigenvalue weighted by Crippen LogP contribution is 2.30. The van der Waals surface area contributed by atoms with Gasteiger partial charge in [0.05, 0.1) is 12.8 Å². The van der Waals surface area contributed by atoms with Crippen LogP contribution < -0.4 is 15.4 Å². The number of benzene rings is 1. The fraction of sp³-hybridized carbons (Fsp3) is 0.600. The van der Waals surface area contributed by atoms with Crippen molar-refractivity contribution in [3.63, 3.8) is 0 Å². The monoisotopic (exact) mass is 248 g/mol. The fourth-order valence-electron chi connectivity index (χ4n) is 2.85. The summed E-state index contributed by atoms with van der Waals surface area (Å²) in [5, 5.41) is 0. The number of ether oxygens (including phenoxy) is 1. The molecule has 100 valence electrons. The molecule has 0 bridgehead atoms. The molecule has 0 heterocycles. The molecule has 1 aliphatic carbocycles. The summed E-state index contributed by atoms with van der Waals surface area (Å²) in [7, 11) is 3.85. The first-order valence-corrected chi connectivity index (χ1v) is 6.82. The Morgan fingerprint density at radius 3 is 2.78 bits per heavy atom. The van der Waals surface area contributed by atoms with Crippen molar-refractivity contribution in [2.45, 2.75) is 31.7 Å². The zero-order valence-electron chi connectivity index (χ0n) is 11.4. The Bertz CT molecular complexity index is 381. The molecule has 0 radical (unpaired) electrons. The van der Waals surface area contributed by atoms with Gasteiger partial charge in [-0.1, -0.05) is 18.6 Å². The molecule has 0 aliphatic heterocycles. The van der Waals surface area contributed by atoms with Crippen LogP contribution in [0.2, 0.25) is 0 Å². The Labute approximate surface area is 110 Å². The zero-order valence-corrected chi connectivity index (χ0v) is 11.4. The molecule has 3 heteroatoms. The summed E-state index contributed by atoms with van der Waals surface area (Å²) in [4.78, 5) is 2.27. The molecule has 1 aromatic rings. The van der Waals surface area contributed by atoms with Gasteiger partial charge in [0, 0.05) is 19.6 Å². The van der Waals surface area contributed by atoms with E-state index in [1.54, 1.807) is 7.11 Å². The van der Waals surface area contributed by atoms with E-state index in [2.05, 4.69) is 24.1 Å². The maximum atomic E-state index is 6.12. The van der Waals surface area contributed by atoms with E-state index in [1.165, 1.54) is 25.7 Å². The van der Waals surface area contributed by atoms with Crippen LogP contribution in [0.5, 0.6) is 5.75 Å². The van der Waals surface area contributed by atoms with Crippen LogP contribution in [0.1, 0.15) is 25.7 Å². The summed E-state index contributed by atoms with van der Waals surface area (Å²) >= 11 is 0. The minimum atomic E-state index is 0.413. The molecule has 1 fully saturated rings. The van der Waals surface area contributed by atoms with Gasteiger partial charge in [0.25, 0.3) is 0 Å². The van der Waals surface area contributed by atoms with Gasteiger partial charge in [-0.3, -0.25) is 0 Å². The largest absolute Gasteiger partial charge is 0.495 e. The van der Waals surface area contributed by atoms with Crippen LogP contribution in [0.4, 0.5) is 5.69 Å². The van der Waals surface area contributed by atoms with E-state index < -0.39 is 0 Å². The first-order valence-electron chi connectivity index (χ1n) is 6.82. The lowest BCUT2D eigenvalue weighted by Gasteiger charge is -2.24. The number of nitrogens with zero attached hydrogens (tertiary/aromatic N) is 1. The molecule has 0 amide bonds. The summed E-state index contributed by atoms with van der Waals surface area (Å²) in [6.45, 7) is 1.04. The van der Waals surface area contributed by atoms with Crippen LogP contribution in [0.3, 0.4) is 0 Å². The molecule has 3 nitrogen and oxygen atoms in total. The third-order valence-corrected chi connectivity index (χ3v) is 4.05. The second kappa shape index (κ2) is 6.10. The van der Waals surface area contributed by atoms with Gasteiger partial charge in [-0.15, -0.1) is 0 Å². The van der Waals surface area contributed by atoms with Gasteiger partial charge in [0.15, 0.2) is 0 Å². The van der Waals surface area contributed by atoms with Crippen LogP contribution in [0.15, 0.2) is 24.3 Å². The van der Waals surface area contributed by atoms with Gasteiger partial charge in [-0.05, 0) is 37.3 Å². The van der Waals surface area contributed by atoms with Crippen molar-refractivity contribution in [2.24, 2.45) is 11.7 Å². The van der Waals surface area contributed by atoms with Gasteiger partial charge < -0.3 is 15.4 Å². The zero-order chi connectivity index (χ0) is 13.0. The SMILES string of the molecule is COc1ccccc1N(C)CCC1CCCC1N. The van der Waals surface area contributed by atoms with Crippen molar-refractivity contribution in [3.8, 4) is 5.75 Å². The van der Waals surface area contributed by atoms with Gasteiger partial charge in [-0.25, -0.2) is 0 Å². The smallest absolute Gasteiger partial charge is 0.142 e. The first kappa shape index (κ1) is 13.2. The van der Waals surface area contributed by atoms with E-state index in [4.69, 9.17) is 10.5 Å². The maximum absolute atomic E-state index is 6.12. The highest BCUT2D eigenvalue weighted by molar-refractivity contribution is 5.57. The van der Waals surface area contributed by atoms with Crippen LogP contribution in [-0.2, 0) is 0 Å². The highest BCUT2D eigenvalue weighted by atomic mass is 16.5. The van der Waals surface area contributed by atoms with E-state index in [9.17, 15) is 0 Å². The van der Waals surface area contributed by atoms with Crippen molar-refractivity contribution in [3.05, 3.63) is 24.3 Å². The van der Waals surface area contributed by atoms with Crippen LogP contribution in [0.25, 0.3) is 0 Å². The Morgan fingerprint density at radius 2 is 2.11 bits per heavy atom. The van der Waals surface area contributed by atoms with E-state index in [-0.39, 0.29) is 0 Å². The molecule has 2 unspecified atom stereocenters. The minimum absolute atomic E-state index is 0.413. The molecule has 0 spiro atoms. The predicted molar refractivity (Wildman–Crippen MR) is 76.2 cm³/mol. The second-order valence-corrected chi connectivity index (χ2v) is 5.24. The Morgan fingerprint density at radius 1 is 1.33 bits per heavy atom. The maximum Gasteiger partial charge on any atom is 0.142 e. The van der Waals surface area contributed by atoms with Gasteiger partial charge in [0.2, 0.25) is 0 Å². The number of hydrogen-bond acceptors (Lipinski definition) is 3. The van der Waals surface area contributed by atoms with E-state index in [0.29, 0.717) is 12.0 Å². The molecule has 1 aromatic carbocycles. The average molecular weight is 248 g/mol. The molecule has 2 atom stereocenters. The number of rotatable bonds is 5. The number of anilines is 1. The Hall–Kier alpha value is -1.22. The molecule has 1 aliphatic rings. The van der Waals surface area contributed by atoms with E-state index >= 15 is 0 Å². The lowest BCUT2D eigenvalue weighted by molar-refractivity contribution is 0.412. The summed E-state index contributed by atoms with van der Waals surface area (Å²) in [6, 6.07) is 8.58. The van der Waals surface area contributed by atoms with Crippen LogP contribution in [0, 0.1) is 5.92 Å². The van der Waals surface area contributed by atoms with Crippen molar-refractivity contribution in [1.29, 1.82) is 0 Å². The topological polar surface area (TPSA) is 38.5 Å². The lowest BCUT2D eigenvalue weighted by Crippen LogP contribution is -2.28. The molecule has 2 N–H and O–H groups in total. The van der Waals surface area contributed by atoms with Crippen molar-refractivity contribution >= 4 is 5.69 Å². The molecule has 0 saturated heterocycles. The highest BCUT2D eigenvalue weighted by Gasteiger charge is 2.23. The first-order chi connectivity index (χ1) is 8.72. The van der Waals surface area contributed by atoms with Crippen molar-refractivity contribution in [1.82, 2.24) is 0 Å². The van der Waals surface area contributed by atoms with Gasteiger partial charge >= 0.3 is 0 Å². The normalized spacial score (nSPS) is 23.1. The Balaban J connectivity index is 1.92.